The van der Waals surface area contributed by atoms with Gasteiger partial charge < -0.3 is 15.5 Å². The van der Waals surface area contributed by atoms with Crippen LogP contribution >= 0.6 is 0 Å². The van der Waals surface area contributed by atoms with Gasteiger partial charge >= 0.3 is 5.97 Å². The molecule has 0 radical (unpaired) electrons. The quantitative estimate of drug-likeness (QED) is 0.591. The van der Waals surface area contributed by atoms with E-state index in [1.54, 1.807) is 12.5 Å². The van der Waals surface area contributed by atoms with Gasteiger partial charge in [0.15, 0.2) is 0 Å². The lowest BCUT2D eigenvalue weighted by atomic mass is 10.1. The van der Waals surface area contributed by atoms with Gasteiger partial charge in [0.2, 0.25) is 0 Å². The second-order valence-corrected chi connectivity index (χ2v) is 4.64. The number of benzene rings is 1. The molecule has 1 aromatic heterocycles. The van der Waals surface area contributed by atoms with Crippen LogP contribution in [0.25, 0.3) is 0 Å². The number of aromatic amines is 1. The lowest BCUT2D eigenvalue weighted by Gasteiger charge is -2.10. The predicted octanol–water partition coefficient (Wildman–Crippen LogP) is 1.46. The maximum Gasteiger partial charge on any atom is 0.323 e. The van der Waals surface area contributed by atoms with Gasteiger partial charge in [-0.2, -0.15) is 0 Å². The van der Waals surface area contributed by atoms with Gasteiger partial charge in [0.05, 0.1) is 12.9 Å². The first-order valence-electron chi connectivity index (χ1n) is 6.69. The van der Waals surface area contributed by atoms with Gasteiger partial charge in [-0.15, -0.1) is 0 Å². The number of rotatable bonds is 7. The maximum atomic E-state index is 11.7. The van der Waals surface area contributed by atoms with Crippen molar-refractivity contribution in [3.63, 3.8) is 0 Å². The van der Waals surface area contributed by atoms with Crippen LogP contribution in [0.1, 0.15) is 17.7 Å². The molecule has 0 spiro atoms. The molecule has 3 N–H and O–H groups in total. The van der Waals surface area contributed by atoms with Crippen LogP contribution in [0, 0.1) is 0 Å². The van der Waals surface area contributed by atoms with Gasteiger partial charge in [0, 0.05) is 18.3 Å². The fraction of sp³-hybridized carbons (Fsp3) is 0.333. The molecule has 0 bridgehead atoms. The van der Waals surface area contributed by atoms with Crippen LogP contribution in [-0.2, 0) is 22.4 Å². The van der Waals surface area contributed by atoms with E-state index in [2.05, 4.69) is 22.1 Å². The lowest BCUT2D eigenvalue weighted by Crippen LogP contribution is -2.34. The maximum absolute atomic E-state index is 11.7. The minimum Gasteiger partial charge on any atom is -0.465 e. The van der Waals surface area contributed by atoms with E-state index in [-0.39, 0.29) is 5.97 Å². The minimum atomic E-state index is -0.646. The molecule has 5 nitrogen and oxygen atoms in total. The summed E-state index contributed by atoms with van der Waals surface area (Å²) in [5, 5.41) is 0. The smallest absolute Gasteiger partial charge is 0.323 e. The van der Waals surface area contributed by atoms with Gasteiger partial charge in [0.1, 0.15) is 6.04 Å². The molecular weight excluding hydrogens is 254 g/mol. The van der Waals surface area contributed by atoms with E-state index >= 15 is 0 Å². The largest absolute Gasteiger partial charge is 0.465 e. The highest BCUT2D eigenvalue weighted by atomic mass is 16.5. The molecule has 20 heavy (non-hydrogen) atoms. The summed E-state index contributed by atoms with van der Waals surface area (Å²) in [5.74, 6) is -0.368. The van der Waals surface area contributed by atoms with Crippen molar-refractivity contribution < 1.29 is 9.53 Å². The molecule has 1 heterocycles. The summed E-state index contributed by atoms with van der Waals surface area (Å²) in [4.78, 5) is 18.5. The van der Waals surface area contributed by atoms with Crippen molar-refractivity contribution in [2.75, 3.05) is 6.61 Å². The number of nitrogens with zero attached hydrogens (tertiary/aromatic N) is 1. The summed E-state index contributed by atoms with van der Waals surface area (Å²) < 4.78 is 5.18. The summed E-state index contributed by atoms with van der Waals surface area (Å²) >= 11 is 0. The molecule has 0 saturated carbocycles. The van der Waals surface area contributed by atoms with E-state index < -0.39 is 6.04 Å². The van der Waals surface area contributed by atoms with Crippen molar-refractivity contribution in [3.05, 3.63) is 54.1 Å². The predicted molar refractivity (Wildman–Crippen MR) is 76.0 cm³/mol. The zero-order valence-electron chi connectivity index (χ0n) is 11.3. The van der Waals surface area contributed by atoms with Gasteiger partial charge in [-0.05, 0) is 18.4 Å². The van der Waals surface area contributed by atoms with Gasteiger partial charge in [-0.25, -0.2) is 4.98 Å². The molecule has 0 fully saturated rings. The van der Waals surface area contributed by atoms with Crippen LogP contribution in [0.4, 0.5) is 0 Å². The third-order valence-corrected chi connectivity index (χ3v) is 2.99. The molecule has 106 valence electrons. The summed E-state index contributed by atoms with van der Waals surface area (Å²) in [6, 6.07) is 9.46. The Hall–Kier alpha value is -2.14. The number of imidazole rings is 1. The summed E-state index contributed by atoms with van der Waals surface area (Å²) in [6.07, 6.45) is 5.32. The number of H-pyrrole nitrogens is 1. The molecule has 2 rings (SSSR count). The number of nitrogens with two attached hydrogens (primary N) is 1. The van der Waals surface area contributed by atoms with Crippen molar-refractivity contribution >= 4 is 5.97 Å². The van der Waals surface area contributed by atoms with Crippen LogP contribution in [0.2, 0.25) is 0 Å². The van der Waals surface area contributed by atoms with E-state index in [0.29, 0.717) is 13.0 Å². The zero-order valence-corrected chi connectivity index (χ0v) is 11.3. The highest BCUT2D eigenvalue weighted by molar-refractivity contribution is 5.75. The Morgan fingerprint density at radius 1 is 1.35 bits per heavy atom. The normalized spacial score (nSPS) is 12.1. The number of ether oxygens (including phenoxy) is 1. The van der Waals surface area contributed by atoms with E-state index in [0.717, 1.165) is 18.5 Å². The highest BCUT2D eigenvalue weighted by Gasteiger charge is 2.16. The second kappa shape index (κ2) is 7.45. The second-order valence-electron chi connectivity index (χ2n) is 4.64. The van der Waals surface area contributed by atoms with Crippen molar-refractivity contribution in [1.82, 2.24) is 9.97 Å². The number of nitrogens with one attached hydrogen (secondary N) is 1. The minimum absolute atomic E-state index is 0.368. The number of aryl methyl sites for hydroxylation is 1. The van der Waals surface area contributed by atoms with Gasteiger partial charge in [-0.3, -0.25) is 4.79 Å². The van der Waals surface area contributed by atoms with E-state index in [4.69, 9.17) is 10.5 Å². The summed E-state index contributed by atoms with van der Waals surface area (Å²) in [6.45, 7) is 0.393. The number of hydrogen-bond donors (Lipinski definition) is 2. The topological polar surface area (TPSA) is 81.0 Å². The molecular formula is C15H19N3O2. The Kier molecular flexibility index (Phi) is 5.32. The molecule has 0 aliphatic heterocycles. The van der Waals surface area contributed by atoms with Crippen LogP contribution in [0.5, 0.6) is 0 Å². The molecule has 2 aromatic rings. The first-order chi connectivity index (χ1) is 9.75. The first kappa shape index (κ1) is 14.3. The number of carbonyl (C=O) groups excluding carboxylic acids is 1. The summed E-state index contributed by atoms with van der Waals surface area (Å²) in [7, 11) is 0. The lowest BCUT2D eigenvalue weighted by molar-refractivity contribution is -0.145. The van der Waals surface area contributed by atoms with Crippen molar-refractivity contribution in [3.8, 4) is 0 Å². The molecule has 0 unspecified atom stereocenters. The fourth-order valence-corrected chi connectivity index (χ4v) is 1.92. The molecule has 0 saturated heterocycles. The molecule has 0 aliphatic rings. The Balaban J connectivity index is 1.65. The molecule has 1 atom stereocenters. The van der Waals surface area contributed by atoms with Gasteiger partial charge in [0.25, 0.3) is 0 Å². The Labute approximate surface area is 118 Å². The third-order valence-electron chi connectivity index (χ3n) is 2.99. The van der Waals surface area contributed by atoms with Crippen LogP contribution < -0.4 is 5.73 Å². The third kappa shape index (κ3) is 4.51. The van der Waals surface area contributed by atoms with E-state index in [9.17, 15) is 4.79 Å². The van der Waals surface area contributed by atoms with Crippen LogP contribution in [0.3, 0.4) is 0 Å². The molecule has 5 heteroatoms. The molecule has 1 aromatic carbocycles. The van der Waals surface area contributed by atoms with Gasteiger partial charge in [-0.1, -0.05) is 30.3 Å². The summed E-state index contributed by atoms with van der Waals surface area (Å²) in [5.41, 5.74) is 7.85. The Morgan fingerprint density at radius 3 is 2.85 bits per heavy atom. The zero-order chi connectivity index (χ0) is 14.2. The number of carbonyl (C=O) groups is 1. The van der Waals surface area contributed by atoms with E-state index in [1.807, 2.05) is 18.2 Å². The number of hydrogen-bond acceptors (Lipinski definition) is 4. The Morgan fingerprint density at radius 2 is 2.15 bits per heavy atom. The fourth-order valence-electron chi connectivity index (χ4n) is 1.92. The molecule has 0 amide bonds. The standard InChI is InChI=1S/C15H19N3O2/c16-14(9-13-10-17-11-18-13)15(19)20-8-4-7-12-5-2-1-3-6-12/h1-3,5-6,10-11,14H,4,7-9,16H2,(H,17,18)/t14-/m1/s1. The monoisotopic (exact) mass is 273 g/mol. The van der Waals surface area contributed by atoms with Crippen molar-refractivity contribution in [1.29, 1.82) is 0 Å². The molecule has 0 aliphatic carbocycles. The van der Waals surface area contributed by atoms with Crippen molar-refractivity contribution in [2.45, 2.75) is 25.3 Å². The van der Waals surface area contributed by atoms with Crippen molar-refractivity contribution in [2.24, 2.45) is 5.73 Å². The highest BCUT2D eigenvalue weighted by Crippen LogP contribution is 2.03. The average Bonchev–Trinajstić information content (AvgIpc) is 2.97. The SMILES string of the molecule is N[C@H](Cc1cnc[nH]1)C(=O)OCCCc1ccccc1. The Bertz CT molecular complexity index is 511. The average molecular weight is 273 g/mol. The number of esters is 1. The first-order valence-corrected chi connectivity index (χ1v) is 6.69. The van der Waals surface area contributed by atoms with E-state index in [1.165, 1.54) is 5.56 Å². The number of aromatic nitrogens is 2. The van der Waals surface area contributed by atoms with Crippen LogP contribution in [0.15, 0.2) is 42.9 Å². The van der Waals surface area contributed by atoms with Crippen LogP contribution in [-0.4, -0.2) is 28.6 Å².